The van der Waals surface area contributed by atoms with Gasteiger partial charge in [-0.05, 0) is 34.6 Å². The molecule has 0 heterocycles. The Balaban J connectivity index is -0.0000000369. The van der Waals surface area contributed by atoms with E-state index in [2.05, 4.69) is 92.6 Å². The van der Waals surface area contributed by atoms with E-state index in [1.807, 2.05) is 20.8 Å². The molecule has 0 saturated heterocycles. The van der Waals surface area contributed by atoms with Crippen LogP contribution in [0.2, 0.25) is 0 Å². The van der Waals surface area contributed by atoms with Crippen molar-refractivity contribution >= 4 is 379 Å². The van der Waals surface area contributed by atoms with Crippen LogP contribution in [-0.4, -0.2) is 423 Å². The molecule has 0 fully saturated rings. The average molecular weight is 2310 g/mol. The van der Waals surface area contributed by atoms with Gasteiger partial charge >= 0.3 is 326 Å². The molecule has 4 radical (unpaired) electrons. The molecule has 0 aromatic rings. The minimum Gasteiger partial charge on any atom is -1.00 e. The zero-order valence-electron chi connectivity index (χ0n) is 67.3. The molecule has 0 spiro atoms. The minimum atomic E-state index is -4.34. The topological polar surface area (TPSA) is 591 Å². The molecule has 13 atom stereocenters. The van der Waals surface area contributed by atoms with Crippen molar-refractivity contribution in [2.45, 2.75) is 54.6 Å². The van der Waals surface area contributed by atoms with E-state index in [-0.39, 0.29) is 166 Å². The largest absolute Gasteiger partial charge is 2.00 e. The van der Waals surface area contributed by atoms with E-state index in [0.717, 1.165) is 14.2 Å². The zero-order chi connectivity index (χ0) is 82.7. The first-order chi connectivity index (χ1) is 44.5. The Morgan fingerprint density at radius 3 is 0.886 bits per heavy atom. The standard InChI is InChI=1S/C4H10ClO3P.2C4H11O3P.C3H8BrO3P.C3H8ClO3P.C3H9O3P.C2H6BO3P.C2H7O4P.3C2H7O3P.CH4ClO3P.CH5O4P.CH3.5Al.4Mg.Sb.Sn.Zn.16H/c1-2-8-9(6,7)4-3-5;1-4(2)7-8(3,5)6;1-3-7-8(5,6)4-2;1-7-8(5,6)3-2-4;1-2-7-8(5,6)3-4;1-3-7(4,5)6-2;1-5-7(2,4)6-3;1-6-7(4,5)2-3;3*1-5-6(2,3)4;2*2-1-6(3,4)5;;;;;;;;;;;;;;;;;;;;;;;;;;;;;/h2-4H2,1H3,(H,6,7);4H,1-3H3,(H,5,6);3-4H2,1-2H3,(H,5,6);2*2-3H2,1H3,(H,5,6);3H2,1-2H3,(H,4,5);1-2H3;3H,2H2,1H3,(H,4,5);3*1-2H3,(H,3,4);1H2,(H2,3,4,5);2H,1H2,(H2,3,4,5);1H3;;;;;;;;;;;;;;;;;;;;;;;;;;;;/q;;;;;;;;;;;;;-1;5*+1;4*+2;2*+1;;;;;;;;;;;;;;;3*-1/p-11. The summed E-state index contributed by atoms with van der Waals surface area (Å²) in [5.74, 6) is 0.160. The monoisotopic (exact) mass is 2310 g/mol. The van der Waals surface area contributed by atoms with Crippen LogP contribution in [0.15, 0.2) is 0 Å². The molecule has 71 heteroatoms. The quantitative estimate of drug-likeness (QED) is 0.0273. The first kappa shape index (κ1) is 163. The summed E-state index contributed by atoms with van der Waals surface area (Å²) >= 11 is 21.3. The van der Waals surface area contributed by atoms with E-state index in [0.29, 0.717) is 154 Å². The third-order valence-electron chi connectivity index (χ3n) is 7.77. The van der Waals surface area contributed by atoms with Gasteiger partial charge in [0.2, 0.25) is 0 Å². The molecular formula is C34H108Al5BBrCl3Mg4O41P13SbSnZn. The number of aliphatic hydroxyl groups is 2. The Morgan fingerprint density at radius 2 is 0.819 bits per heavy atom. The van der Waals surface area contributed by atoms with Gasteiger partial charge in [0.25, 0.3) is 23.2 Å². The molecular weight excluding hydrogens is 2200 g/mol. The Kier molecular flexibility index (Phi) is 152. The molecule has 41 nitrogen and oxygen atoms in total. The smallest absolute Gasteiger partial charge is 1.00 e. The SMILES string of the molecule is CC(C)OP(C)(=O)[O][AlH2].CCOP(=O)(CC)[O][AlH2].CCOP(=O)(CCl)[O][AlH2].CCOP(=O)(O)CCCl.CCP(=O)([O-])OC.COP(=O)(CO)[O][AlH2].COP(=O)([O-])CCBr.COP(C)(=O)[O][AlH2].COP(C)(=O)[O][SbH2].COP(C)(=O)[O][SnH].O=P([O-])(O)CCl.O=P([O-])(O)CO.[B]OP(C)(=O)OC.[CH3-].[H-].[H-].[H-].[Mg+2].[Mg+2].[Mg+2].[Mg+2].[Zn]. The molecule has 0 saturated carbocycles. The van der Waals surface area contributed by atoms with Crippen LogP contribution < -0.4 is 19.6 Å². The summed E-state index contributed by atoms with van der Waals surface area (Å²) in [6.45, 7) is 20.4. The van der Waals surface area contributed by atoms with Gasteiger partial charge in [0.1, 0.15) is 41.1 Å². The second kappa shape index (κ2) is 97.4. The molecule has 0 aromatic heterocycles. The zero-order valence-corrected chi connectivity index (χ0v) is 105. The molecule has 620 valence electrons. The van der Waals surface area contributed by atoms with E-state index in [1.54, 1.807) is 20.8 Å². The van der Waals surface area contributed by atoms with Crippen LogP contribution in [-0.2, 0) is 157 Å². The number of hydrogen-bond acceptors (Lipinski definition) is 38. The molecule has 5 N–H and O–H groups in total. The van der Waals surface area contributed by atoms with E-state index in [4.69, 9.17) is 68.8 Å². The Hall–Kier alpha value is 11.3. The molecule has 0 amide bonds. The van der Waals surface area contributed by atoms with Crippen LogP contribution in [0.4, 0.5) is 0 Å². The maximum absolute atomic E-state index is 11.1. The number of aliphatic hydroxyl groups excluding tert-OH is 2. The first-order valence-corrected chi connectivity index (χ1v) is 59.4. The van der Waals surface area contributed by atoms with Gasteiger partial charge in [-0.1, -0.05) is 29.8 Å². The second-order valence-corrected chi connectivity index (χ2v) is 54.3. The fraction of sp³-hybridized carbons (Fsp3) is 0.971. The van der Waals surface area contributed by atoms with Crippen molar-refractivity contribution in [3.63, 3.8) is 0 Å². The maximum atomic E-state index is 11.1. The van der Waals surface area contributed by atoms with Gasteiger partial charge in [-0.3, -0.25) is 32.0 Å². The average Bonchev–Trinajstić information content (AvgIpc) is 0.946. The van der Waals surface area contributed by atoms with Crippen LogP contribution in [0, 0.1) is 7.43 Å². The van der Waals surface area contributed by atoms with E-state index in [9.17, 15) is 78.9 Å². The van der Waals surface area contributed by atoms with Crippen LogP contribution >= 0.6 is 149 Å². The van der Waals surface area contributed by atoms with Crippen molar-refractivity contribution in [1.29, 1.82) is 0 Å². The minimum absolute atomic E-state index is 0. The summed E-state index contributed by atoms with van der Waals surface area (Å²) in [6.07, 6.45) is -1.09. The number of halogens is 4. The number of rotatable bonds is 33. The van der Waals surface area contributed by atoms with Crippen molar-refractivity contribution in [3.05, 3.63) is 7.43 Å². The van der Waals surface area contributed by atoms with E-state index < -0.39 is 117 Å². The van der Waals surface area contributed by atoms with Gasteiger partial charge in [-0.2, -0.15) is 0 Å². The van der Waals surface area contributed by atoms with Crippen LogP contribution in [0.1, 0.15) is 52.7 Å². The molecule has 0 bridgehead atoms. The van der Waals surface area contributed by atoms with Crippen molar-refractivity contribution in [1.82, 2.24) is 0 Å². The van der Waals surface area contributed by atoms with Crippen LogP contribution in [0.25, 0.3) is 0 Å². The van der Waals surface area contributed by atoms with E-state index in [1.165, 1.54) is 75.8 Å². The summed E-state index contributed by atoms with van der Waals surface area (Å²) in [5, 5.41) is 16.3. The Morgan fingerprint density at radius 1 is 0.495 bits per heavy atom. The predicted molar refractivity (Wildman–Crippen MR) is 432 cm³/mol. The van der Waals surface area contributed by atoms with Crippen LogP contribution in [0.5, 0.6) is 0 Å². The van der Waals surface area contributed by atoms with Crippen molar-refractivity contribution in [2.24, 2.45) is 0 Å². The molecule has 0 aromatic carbocycles. The predicted octanol–water partition coefficient (Wildman–Crippen LogP) is 2.51. The summed E-state index contributed by atoms with van der Waals surface area (Å²) < 4.78 is 221. The fourth-order valence-electron chi connectivity index (χ4n) is 2.32. The van der Waals surface area contributed by atoms with Gasteiger partial charge in [-0.25, -0.2) is 0 Å². The first-order valence-electron chi connectivity index (χ1n) is 26.0. The second-order valence-electron chi connectivity index (χ2n) is 15.7. The van der Waals surface area contributed by atoms with Gasteiger partial charge < -0.3 is 137 Å². The summed E-state index contributed by atoms with van der Waals surface area (Å²) in [7, 11) is -27.0. The molecule has 105 heavy (non-hydrogen) atoms. The van der Waals surface area contributed by atoms with Gasteiger partial charge in [-0.15, -0.1) is 34.8 Å². The summed E-state index contributed by atoms with van der Waals surface area (Å²) in [4.78, 5) is 63.4. The normalized spacial score (nSPS) is 17.1. The molecule has 13 unspecified atom stereocenters. The number of alkyl halides is 4. The van der Waals surface area contributed by atoms with Gasteiger partial charge in [0.05, 0.1) is 37.7 Å². The number of hydrogen-bond donors (Lipinski definition) is 5. The third-order valence-corrected chi connectivity index (χ3v) is 42.2. The molecule has 0 aliphatic heterocycles. The Labute approximate surface area is 798 Å². The van der Waals surface area contributed by atoms with Crippen molar-refractivity contribution < 1.29 is 205 Å². The van der Waals surface area contributed by atoms with E-state index >= 15 is 0 Å². The van der Waals surface area contributed by atoms with Gasteiger partial charge in [0, 0.05) is 105 Å². The molecule has 0 aliphatic rings. The molecule has 0 aliphatic carbocycles. The summed E-state index contributed by atoms with van der Waals surface area (Å²) in [5.41, 5.74) is -0.753. The van der Waals surface area contributed by atoms with Crippen LogP contribution in [0.3, 0.4) is 0 Å². The molecule has 0 rings (SSSR count). The maximum Gasteiger partial charge on any atom is 2.00 e. The Bertz CT molecular complexity index is 2320. The van der Waals surface area contributed by atoms with Crippen molar-refractivity contribution in [2.75, 3.05) is 163 Å². The van der Waals surface area contributed by atoms with Crippen molar-refractivity contribution in [3.8, 4) is 0 Å². The summed E-state index contributed by atoms with van der Waals surface area (Å²) in [6, 6.07) is 0. The fourth-order valence-corrected chi connectivity index (χ4v) is 14.7. The van der Waals surface area contributed by atoms with Gasteiger partial charge in [0.15, 0.2) is 7.60 Å². The third kappa shape index (κ3) is 150.